The van der Waals surface area contributed by atoms with E-state index in [0.29, 0.717) is 19.5 Å². The van der Waals surface area contributed by atoms with Crippen LogP contribution in [0.4, 0.5) is 5.88 Å². The molecule has 1 amide bonds. The second-order valence-corrected chi connectivity index (χ2v) is 4.40. The van der Waals surface area contributed by atoms with Gasteiger partial charge in [-0.3, -0.25) is 19.7 Å². The first-order valence-electron chi connectivity index (χ1n) is 5.72. The molecule has 102 valence electrons. The van der Waals surface area contributed by atoms with Gasteiger partial charge in [0.1, 0.15) is 4.92 Å². The molecule has 0 spiro atoms. The number of carbonyl (C=O) groups excluding carboxylic acids is 1. The van der Waals surface area contributed by atoms with Crippen LogP contribution in [0.2, 0.25) is 0 Å². The Morgan fingerprint density at radius 1 is 1.53 bits per heavy atom. The SMILES string of the molecule is O=C(O)CC1CCN(C(=O)c2ccc([N+](=O)[O-])o2)C1. The van der Waals surface area contributed by atoms with Gasteiger partial charge in [0, 0.05) is 19.5 Å². The van der Waals surface area contributed by atoms with Gasteiger partial charge in [0.2, 0.25) is 0 Å². The lowest BCUT2D eigenvalue weighted by atomic mass is 10.1. The van der Waals surface area contributed by atoms with Crippen molar-refractivity contribution < 1.29 is 24.0 Å². The van der Waals surface area contributed by atoms with Crippen LogP contribution in [-0.2, 0) is 4.79 Å². The number of carboxylic acids is 1. The zero-order valence-corrected chi connectivity index (χ0v) is 9.94. The van der Waals surface area contributed by atoms with Crippen LogP contribution in [0, 0.1) is 16.0 Å². The molecule has 0 aliphatic carbocycles. The Kier molecular flexibility index (Phi) is 3.50. The number of likely N-dealkylation sites (tertiary alicyclic amines) is 1. The van der Waals surface area contributed by atoms with Crippen molar-refractivity contribution in [3.05, 3.63) is 28.0 Å². The highest BCUT2D eigenvalue weighted by Gasteiger charge is 2.30. The lowest BCUT2D eigenvalue weighted by Gasteiger charge is -2.14. The predicted molar refractivity (Wildman–Crippen MR) is 61.6 cm³/mol. The lowest BCUT2D eigenvalue weighted by molar-refractivity contribution is -0.402. The van der Waals surface area contributed by atoms with Crippen molar-refractivity contribution in [1.82, 2.24) is 4.90 Å². The van der Waals surface area contributed by atoms with E-state index in [1.807, 2.05) is 0 Å². The standard InChI is InChI=1S/C11H12N2O6/c14-10(15)5-7-3-4-12(6-7)11(16)8-1-2-9(19-8)13(17)18/h1-2,7H,3-6H2,(H,14,15). The normalized spacial score (nSPS) is 18.5. The molecule has 19 heavy (non-hydrogen) atoms. The zero-order chi connectivity index (χ0) is 14.0. The summed E-state index contributed by atoms with van der Waals surface area (Å²) < 4.78 is 4.83. The molecule has 1 aliphatic rings. The van der Waals surface area contributed by atoms with Crippen LogP contribution in [0.15, 0.2) is 16.5 Å². The van der Waals surface area contributed by atoms with Crippen molar-refractivity contribution in [3.8, 4) is 0 Å². The molecule has 1 aliphatic heterocycles. The number of nitro groups is 1. The van der Waals surface area contributed by atoms with Crippen LogP contribution < -0.4 is 0 Å². The highest BCUT2D eigenvalue weighted by molar-refractivity contribution is 5.92. The quantitative estimate of drug-likeness (QED) is 0.646. The van der Waals surface area contributed by atoms with Crippen LogP contribution >= 0.6 is 0 Å². The number of nitrogens with zero attached hydrogens (tertiary/aromatic N) is 2. The minimum atomic E-state index is -0.895. The van der Waals surface area contributed by atoms with Crippen LogP contribution in [0.25, 0.3) is 0 Å². The van der Waals surface area contributed by atoms with Crippen molar-refractivity contribution in [1.29, 1.82) is 0 Å². The summed E-state index contributed by atoms with van der Waals surface area (Å²) in [5.74, 6) is -1.99. The monoisotopic (exact) mass is 268 g/mol. The van der Waals surface area contributed by atoms with Gasteiger partial charge in [-0.25, -0.2) is 0 Å². The number of amides is 1. The third-order valence-electron chi connectivity index (χ3n) is 3.02. The average Bonchev–Trinajstić information content (AvgIpc) is 2.95. The number of hydrogen-bond donors (Lipinski definition) is 1. The summed E-state index contributed by atoms with van der Waals surface area (Å²) in [6.07, 6.45) is 0.628. The minimum Gasteiger partial charge on any atom is -0.481 e. The Bertz CT molecular complexity index is 523. The molecule has 0 radical (unpaired) electrons. The predicted octanol–water partition coefficient (Wildman–Crippen LogP) is 1.12. The number of carbonyl (C=O) groups is 2. The van der Waals surface area contributed by atoms with Gasteiger partial charge >= 0.3 is 11.9 Å². The number of carboxylic acid groups (broad SMARTS) is 1. The van der Waals surface area contributed by atoms with Crippen molar-refractivity contribution in [3.63, 3.8) is 0 Å². The highest BCUT2D eigenvalue weighted by Crippen LogP contribution is 2.23. The fourth-order valence-electron chi connectivity index (χ4n) is 2.13. The second-order valence-electron chi connectivity index (χ2n) is 4.40. The van der Waals surface area contributed by atoms with Crippen molar-refractivity contribution in [2.45, 2.75) is 12.8 Å². The van der Waals surface area contributed by atoms with Crippen LogP contribution in [-0.4, -0.2) is 39.9 Å². The molecule has 8 nitrogen and oxygen atoms in total. The smallest absolute Gasteiger partial charge is 0.433 e. The molecule has 0 saturated carbocycles. The fraction of sp³-hybridized carbons (Fsp3) is 0.455. The molecule has 1 saturated heterocycles. The summed E-state index contributed by atoms with van der Waals surface area (Å²) >= 11 is 0. The maximum Gasteiger partial charge on any atom is 0.433 e. The molecule has 1 N–H and O–H groups in total. The molecular formula is C11H12N2O6. The Hall–Kier alpha value is -2.38. The van der Waals surface area contributed by atoms with Gasteiger partial charge in [-0.2, -0.15) is 0 Å². The summed E-state index contributed by atoms with van der Waals surface area (Å²) in [5.41, 5.74) is 0. The molecule has 2 rings (SSSR count). The molecule has 1 aromatic rings. The van der Waals surface area contributed by atoms with E-state index in [9.17, 15) is 19.7 Å². The fourth-order valence-corrected chi connectivity index (χ4v) is 2.13. The molecule has 1 aromatic heterocycles. The third kappa shape index (κ3) is 2.90. The molecule has 0 aromatic carbocycles. The Balaban J connectivity index is 2.00. The minimum absolute atomic E-state index is 0.0160. The van der Waals surface area contributed by atoms with E-state index in [1.165, 1.54) is 11.0 Å². The first-order chi connectivity index (χ1) is 8.97. The van der Waals surface area contributed by atoms with Crippen LogP contribution in [0.3, 0.4) is 0 Å². The summed E-state index contributed by atoms with van der Waals surface area (Å²) in [4.78, 5) is 33.8. The van der Waals surface area contributed by atoms with Gasteiger partial charge in [-0.15, -0.1) is 0 Å². The summed E-state index contributed by atoms with van der Waals surface area (Å²) in [7, 11) is 0. The zero-order valence-electron chi connectivity index (χ0n) is 9.94. The number of aliphatic carboxylic acids is 1. The lowest BCUT2D eigenvalue weighted by Crippen LogP contribution is -2.28. The number of hydrogen-bond acceptors (Lipinski definition) is 5. The van der Waals surface area contributed by atoms with E-state index in [4.69, 9.17) is 9.52 Å². The molecular weight excluding hydrogens is 256 g/mol. The van der Waals surface area contributed by atoms with E-state index < -0.39 is 22.7 Å². The van der Waals surface area contributed by atoms with Crippen LogP contribution in [0.5, 0.6) is 0 Å². The van der Waals surface area contributed by atoms with Crippen LogP contribution in [0.1, 0.15) is 23.4 Å². The summed E-state index contributed by atoms with van der Waals surface area (Å²) in [6.45, 7) is 0.769. The maximum atomic E-state index is 12.0. The highest BCUT2D eigenvalue weighted by atomic mass is 16.6. The van der Waals surface area contributed by atoms with Gasteiger partial charge in [0.05, 0.1) is 6.07 Å². The Morgan fingerprint density at radius 2 is 2.26 bits per heavy atom. The Morgan fingerprint density at radius 3 is 2.84 bits per heavy atom. The van der Waals surface area contributed by atoms with E-state index >= 15 is 0 Å². The topological polar surface area (TPSA) is 114 Å². The maximum absolute atomic E-state index is 12.0. The van der Waals surface area contributed by atoms with Gasteiger partial charge < -0.3 is 14.4 Å². The van der Waals surface area contributed by atoms with Crippen molar-refractivity contribution >= 4 is 17.8 Å². The van der Waals surface area contributed by atoms with E-state index in [-0.39, 0.29) is 18.1 Å². The molecule has 0 bridgehead atoms. The van der Waals surface area contributed by atoms with Gasteiger partial charge in [-0.1, -0.05) is 0 Å². The van der Waals surface area contributed by atoms with Gasteiger partial charge in [-0.05, 0) is 18.4 Å². The summed E-state index contributed by atoms with van der Waals surface area (Å²) in [5, 5.41) is 19.1. The Labute approximate surface area is 107 Å². The molecule has 1 fully saturated rings. The number of rotatable bonds is 4. The molecule has 1 atom stereocenters. The average molecular weight is 268 g/mol. The number of furan rings is 1. The van der Waals surface area contributed by atoms with E-state index in [0.717, 1.165) is 6.07 Å². The van der Waals surface area contributed by atoms with Crippen molar-refractivity contribution in [2.75, 3.05) is 13.1 Å². The third-order valence-corrected chi connectivity index (χ3v) is 3.02. The van der Waals surface area contributed by atoms with Crippen molar-refractivity contribution in [2.24, 2.45) is 5.92 Å². The first-order valence-corrected chi connectivity index (χ1v) is 5.72. The van der Waals surface area contributed by atoms with Gasteiger partial charge in [0.25, 0.3) is 5.91 Å². The molecule has 2 heterocycles. The van der Waals surface area contributed by atoms with E-state index in [2.05, 4.69) is 0 Å². The second kappa shape index (κ2) is 5.09. The first kappa shape index (κ1) is 13.1. The largest absolute Gasteiger partial charge is 0.481 e. The summed E-state index contributed by atoms with van der Waals surface area (Å²) in [6, 6.07) is 2.38. The van der Waals surface area contributed by atoms with Gasteiger partial charge in [0.15, 0.2) is 5.76 Å². The molecule has 1 unspecified atom stereocenters. The van der Waals surface area contributed by atoms with E-state index in [1.54, 1.807) is 0 Å². The molecule has 8 heteroatoms.